The molecule has 23 heavy (non-hydrogen) atoms. The summed E-state index contributed by atoms with van der Waals surface area (Å²) in [7, 11) is 0. The van der Waals surface area contributed by atoms with Gasteiger partial charge >= 0.3 is 5.97 Å². The van der Waals surface area contributed by atoms with Gasteiger partial charge in [0.15, 0.2) is 0 Å². The molecule has 0 aliphatic rings. The summed E-state index contributed by atoms with van der Waals surface area (Å²) in [6, 6.07) is 11.7. The average Bonchev–Trinajstić information content (AvgIpc) is 2.54. The number of carboxylic acids is 1. The van der Waals surface area contributed by atoms with Gasteiger partial charge in [-0.15, -0.1) is 0 Å². The Morgan fingerprint density at radius 2 is 2.09 bits per heavy atom. The molecule has 0 spiro atoms. The van der Waals surface area contributed by atoms with E-state index < -0.39 is 5.97 Å². The topological polar surface area (TPSA) is 84.3 Å². The van der Waals surface area contributed by atoms with E-state index in [4.69, 9.17) is 9.84 Å². The summed E-state index contributed by atoms with van der Waals surface area (Å²) >= 11 is 0. The Balaban J connectivity index is 2.06. The summed E-state index contributed by atoms with van der Waals surface area (Å²) in [4.78, 5) is 19.1. The predicted octanol–water partition coefficient (Wildman–Crippen LogP) is 2.76. The van der Waals surface area contributed by atoms with E-state index >= 15 is 0 Å². The Hall–Kier alpha value is -2.63. The number of hydrogen-bond donors (Lipinski definition) is 2. The Kier molecular flexibility index (Phi) is 6.35. The van der Waals surface area contributed by atoms with Gasteiger partial charge in [-0.2, -0.15) is 0 Å². The van der Waals surface area contributed by atoms with E-state index in [0.29, 0.717) is 24.7 Å². The molecule has 2 rings (SSSR count). The first kappa shape index (κ1) is 16.7. The molecule has 0 radical (unpaired) electrons. The summed E-state index contributed by atoms with van der Waals surface area (Å²) in [5.41, 5.74) is 1.15. The molecule has 0 saturated carbocycles. The zero-order chi connectivity index (χ0) is 16.5. The maximum Gasteiger partial charge on any atom is 0.303 e. The van der Waals surface area contributed by atoms with Gasteiger partial charge in [0.1, 0.15) is 12.1 Å². The first-order valence-electron chi connectivity index (χ1n) is 7.64. The molecule has 1 unspecified atom stereocenters. The molecule has 0 amide bonds. The molecule has 6 heteroatoms. The van der Waals surface area contributed by atoms with Crippen LogP contribution in [0.5, 0.6) is 5.88 Å². The van der Waals surface area contributed by atoms with Crippen molar-refractivity contribution >= 4 is 11.8 Å². The molecule has 0 bridgehead atoms. The van der Waals surface area contributed by atoms with Gasteiger partial charge in [0.2, 0.25) is 5.88 Å². The third-order valence-corrected chi connectivity index (χ3v) is 3.32. The monoisotopic (exact) mass is 315 g/mol. The first-order chi connectivity index (χ1) is 11.2. The van der Waals surface area contributed by atoms with Crippen molar-refractivity contribution in [3.8, 4) is 5.88 Å². The number of carbonyl (C=O) groups is 1. The van der Waals surface area contributed by atoms with Crippen LogP contribution in [0.25, 0.3) is 0 Å². The van der Waals surface area contributed by atoms with Crippen molar-refractivity contribution in [2.24, 2.45) is 0 Å². The standard InChI is InChI=1S/C17H21N3O3/c1-2-23-16-11-15(18-12-19-16)20-14(8-9-17(21)22)10-13-6-4-3-5-7-13/h3-7,11-12,14H,2,8-10H2,1H3,(H,21,22)(H,18,19,20). The second-order valence-electron chi connectivity index (χ2n) is 5.14. The van der Waals surface area contributed by atoms with Crippen molar-refractivity contribution in [1.82, 2.24) is 9.97 Å². The molecule has 0 aliphatic heterocycles. The number of nitrogens with one attached hydrogen (secondary N) is 1. The zero-order valence-electron chi connectivity index (χ0n) is 13.1. The van der Waals surface area contributed by atoms with E-state index in [0.717, 1.165) is 12.0 Å². The second kappa shape index (κ2) is 8.73. The number of hydrogen-bond acceptors (Lipinski definition) is 5. The molecule has 2 aromatic rings. The fourth-order valence-corrected chi connectivity index (χ4v) is 2.28. The highest BCUT2D eigenvalue weighted by Gasteiger charge is 2.13. The van der Waals surface area contributed by atoms with Crippen molar-refractivity contribution < 1.29 is 14.6 Å². The van der Waals surface area contributed by atoms with Crippen molar-refractivity contribution in [2.75, 3.05) is 11.9 Å². The van der Waals surface area contributed by atoms with Gasteiger partial charge in [0, 0.05) is 18.5 Å². The molecule has 2 N–H and O–H groups in total. The Labute approximate surface area is 135 Å². The van der Waals surface area contributed by atoms with Crippen LogP contribution in [-0.4, -0.2) is 33.7 Å². The van der Waals surface area contributed by atoms with Gasteiger partial charge in [-0.3, -0.25) is 4.79 Å². The number of anilines is 1. The third kappa shape index (κ3) is 5.94. The van der Waals surface area contributed by atoms with Gasteiger partial charge in [-0.05, 0) is 25.3 Å². The Morgan fingerprint density at radius 1 is 1.30 bits per heavy atom. The molecular weight excluding hydrogens is 294 g/mol. The quantitative estimate of drug-likeness (QED) is 0.740. The molecule has 1 aromatic heterocycles. The Morgan fingerprint density at radius 3 is 2.78 bits per heavy atom. The lowest BCUT2D eigenvalue weighted by molar-refractivity contribution is -0.137. The maximum atomic E-state index is 10.9. The van der Waals surface area contributed by atoms with Crippen LogP contribution in [0, 0.1) is 0 Å². The van der Waals surface area contributed by atoms with Crippen molar-refractivity contribution in [3.05, 3.63) is 48.3 Å². The summed E-state index contributed by atoms with van der Waals surface area (Å²) < 4.78 is 5.36. The normalized spacial score (nSPS) is 11.7. The smallest absolute Gasteiger partial charge is 0.303 e. The van der Waals surface area contributed by atoms with Crippen LogP contribution in [0.3, 0.4) is 0 Å². The number of rotatable bonds is 9. The molecule has 1 aromatic carbocycles. The number of aromatic nitrogens is 2. The van der Waals surface area contributed by atoms with E-state index in [1.807, 2.05) is 37.3 Å². The van der Waals surface area contributed by atoms with E-state index in [2.05, 4.69) is 15.3 Å². The van der Waals surface area contributed by atoms with Gasteiger partial charge in [-0.1, -0.05) is 30.3 Å². The van der Waals surface area contributed by atoms with Gasteiger partial charge < -0.3 is 15.2 Å². The predicted molar refractivity (Wildman–Crippen MR) is 87.6 cm³/mol. The molecule has 122 valence electrons. The highest BCUT2D eigenvalue weighted by molar-refractivity contribution is 5.66. The highest BCUT2D eigenvalue weighted by Crippen LogP contribution is 2.16. The first-order valence-corrected chi connectivity index (χ1v) is 7.64. The maximum absolute atomic E-state index is 10.9. The average molecular weight is 315 g/mol. The molecule has 6 nitrogen and oxygen atoms in total. The van der Waals surface area contributed by atoms with Gasteiger partial charge in [0.05, 0.1) is 6.61 Å². The van der Waals surface area contributed by atoms with Crippen LogP contribution >= 0.6 is 0 Å². The minimum atomic E-state index is -0.803. The van der Waals surface area contributed by atoms with Gasteiger partial charge in [0.25, 0.3) is 0 Å². The number of benzene rings is 1. The van der Waals surface area contributed by atoms with Crippen LogP contribution in [-0.2, 0) is 11.2 Å². The van der Waals surface area contributed by atoms with E-state index in [1.165, 1.54) is 6.33 Å². The molecule has 1 heterocycles. The lowest BCUT2D eigenvalue weighted by atomic mass is 10.0. The molecule has 1 atom stereocenters. The van der Waals surface area contributed by atoms with Gasteiger partial charge in [-0.25, -0.2) is 9.97 Å². The number of carboxylic acid groups (broad SMARTS) is 1. The van der Waals surface area contributed by atoms with Crippen molar-refractivity contribution in [3.63, 3.8) is 0 Å². The Bertz CT molecular complexity index is 619. The van der Waals surface area contributed by atoms with E-state index in [9.17, 15) is 4.79 Å². The van der Waals surface area contributed by atoms with Crippen molar-refractivity contribution in [2.45, 2.75) is 32.2 Å². The highest BCUT2D eigenvalue weighted by atomic mass is 16.5. The van der Waals surface area contributed by atoms with Crippen LogP contribution in [0.4, 0.5) is 5.82 Å². The summed E-state index contributed by atoms with van der Waals surface area (Å²) in [6.45, 7) is 2.42. The van der Waals surface area contributed by atoms with Crippen LogP contribution in [0.1, 0.15) is 25.3 Å². The van der Waals surface area contributed by atoms with Crippen LogP contribution < -0.4 is 10.1 Å². The molecule has 0 aliphatic carbocycles. The number of nitrogens with zero attached hydrogens (tertiary/aromatic N) is 2. The SMILES string of the molecule is CCOc1cc(NC(CCC(=O)O)Cc2ccccc2)ncn1. The third-order valence-electron chi connectivity index (χ3n) is 3.32. The minimum absolute atomic E-state index is 0.0297. The molecule has 0 saturated heterocycles. The fraction of sp³-hybridized carbons (Fsp3) is 0.353. The van der Waals surface area contributed by atoms with E-state index in [1.54, 1.807) is 6.07 Å². The summed E-state index contributed by atoms with van der Waals surface area (Å²) in [5.74, 6) is 0.332. The summed E-state index contributed by atoms with van der Waals surface area (Å²) in [5, 5.41) is 12.2. The lowest BCUT2D eigenvalue weighted by Gasteiger charge is -2.19. The molecular formula is C17H21N3O3. The number of aliphatic carboxylic acids is 1. The molecule has 0 fully saturated rings. The lowest BCUT2D eigenvalue weighted by Crippen LogP contribution is -2.24. The summed E-state index contributed by atoms with van der Waals surface area (Å²) in [6.07, 6.45) is 2.78. The fourth-order valence-electron chi connectivity index (χ4n) is 2.28. The van der Waals surface area contributed by atoms with Crippen LogP contribution in [0.15, 0.2) is 42.7 Å². The largest absolute Gasteiger partial charge is 0.481 e. The zero-order valence-corrected chi connectivity index (χ0v) is 13.1. The number of ether oxygens (including phenoxy) is 1. The van der Waals surface area contributed by atoms with E-state index in [-0.39, 0.29) is 12.5 Å². The minimum Gasteiger partial charge on any atom is -0.481 e. The van der Waals surface area contributed by atoms with Crippen LogP contribution in [0.2, 0.25) is 0 Å². The van der Waals surface area contributed by atoms with Crippen molar-refractivity contribution in [1.29, 1.82) is 0 Å². The second-order valence-corrected chi connectivity index (χ2v) is 5.14.